The first-order valence-electron chi connectivity index (χ1n) is 14.5. The smallest absolute Gasteiger partial charge is 0.129 e. The molecule has 0 spiro atoms. The summed E-state index contributed by atoms with van der Waals surface area (Å²) in [5.74, 6) is 0. The van der Waals surface area contributed by atoms with E-state index >= 15 is 0 Å². The number of thiazole rings is 1. The molecule has 3 aromatic heterocycles. The highest BCUT2D eigenvalue weighted by Gasteiger charge is 2.24. The summed E-state index contributed by atoms with van der Waals surface area (Å²) in [6.45, 7) is 0. The Morgan fingerprint density at radius 1 is 0.442 bits per heavy atom. The SMILES string of the molecule is c1ccc(-c2nc(-c3ccccc3)c(-n3c4ccccc4c4ccc5c(c6ccccc6n5-c5ccccc5)c43)s2)cc1. The van der Waals surface area contributed by atoms with E-state index in [0.29, 0.717) is 0 Å². The number of rotatable bonds is 4. The lowest BCUT2D eigenvalue weighted by atomic mass is 10.1. The fourth-order valence-corrected chi connectivity index (χ4v) is 7.64. The third-order valence-electron chi connectivity index (χ3n) is 8.36. The van der Waals surface area contributed by atoms with Gasteiger partial charge >= 0.3 is 0 Å². The van der Waals surface area contributed by atoms with E-state index in [1.165, 1.54) is 43.6 Å². The van der Waals surface area contributed by atoms with Gasteiger partial charge in [-0.2, -0.15) is 0 Å². The molecule has 4 heteroatoms. The lowest BCUT2D eigenvalue weighted by molar-refractivity contribution is 1.18. The monoisotopic (exact) mass is 567 g/mol. The standard InChI is InChI=1S/C39H25N3S/c1-4-14-26(15-5-1)36-39(43-38(40-36)27-16-6-2-7-17-27)42-32-22-12-10-20-29(32)30-24-25-34-35(37(30)42)31-21-11-13-23-33(31)41(34)28-18-8-3-9-19-28/h1-25H. The van der Waals surface area contributed by atoms with E-state index in [1.807, 2.05) is 0 Å². The van der Waals surface area contributed by atoms with Crippen LogP contribution in [0.4, 0.5) is 0 Å². The van der Waals surface area contributed by atoms with Crippen LogP contribution < -0.4 is 0 Å². The summed E-state index contributed by atoms with van der Waals surface area (Å²) in [7, 11) is 0. The molecule has 0 N–H and O–H groups in total. The van der Waals surface area contributed by atoms with Gasteiger partial charge in [-0.1, -0.05) is 133 Å². The van der Waals surface area contributed by atoms with Crippen LogP contribution in [0.15, 0.2) is 152 Å². The van der Waals surface area contributed by atoms with Crippen LogP contribution in [0, 0.1) is 0 Å². The number of para-hydroxylation sites is 3. The molecule has 0 bridgehead atoms. The topological polar surface area (TPSA) is 22.8 Å². The van der Waals surface area contributed by atoms with Gasteiger partial charge in [0.2, 0.25) is 0 Å². The zero-order valence-corrected chi connectivity index (χ0v) is 24.0. The second kappa shape index (κ2) is 9.55. The van der Waals surface area contributed by atoms with Gasteiger partial charge in [-0.05, 0) is 30.3 Å². The Balaban J connectivity index is 1.48. The van der Waals surface area contributed by atoms with Crippen molar-refractivity contribution < 1.29 is 0 Å². The van der Waals surface area contributed by atoms with Gasteiger partial charge in [0.1, 0.15) is 15.7 Å². The van der Waals surface area contributed by atoms with Crippen molar-refractivity contribution in [1.29, 1.82) is 0 Å². The van der Waals surface area contributed by atoms with Gasteiger partial charge in [0.15, 0.2) is 0 Å². The maximum absolute atomic E-state index is 5.31. The Kier molecular flexibility index (Phi) is 5.37. The quantitative estimate of drug-likeness (QED) is 0.207. The molecule has 0 radical (unpaired) electrons. The maximum atomic E-state index is 5.31. The number of fused-ring (bicyclic) bond motifs is 7. The average molecular weight is 568 g/mol. The van der Waals surface area contributed by atoms with Gasteiger partial charge in [0.25, 0.3) is 0 Å². The zero-order chi connectivity index (χ0) is 28.3. The number of benzene rings is 6. The van der Waals surface area contributed by atoms with E-state index in [4.69, 9.17) is 4.98 Å². The molecule has 0 aliphatic carbocycles. The molecule has 202 valence electrons. The lowest BCUT2D eigenvalue weighted by Gasteiger charge is -2.10. The average Bonchev–Trinajstić information content (AvgIpc) is 3.76. The van der Waals surface area contributed by atoms with Gasteiger partial charge in [-0.3, -0.25) is 4.57 Å². The zero-order valence-electron chi connectivity index (χ0n) is 23.2. The highest BCUT2D eigenvalue weighted by Crippen LogP contribution is 2.45. The van der Waals surface area contributed by atoms with Gasteiger partial charge in [0, 0.05) is 38.4 Å². The molecule has 0 amide bonds. The Hall–Kier alpha value is -5.45. The summed E-state index contributed by atoms with van der Waals surface area (Å²) in [6.07, 6.45) is 0. The normalized spacial score (nSPS) is 11.7. The first-order valence-corrected chi connectivity index (χ1v) is 15.3. The number of nitrogens with zero attached hydrogens (tertiary/aromatic N) is 3. The van der Waals surface area contributed by atoms with E-state index in [0.717, 1.165) is 32.5 Å². The van der Waals surface area contributed by atoms with Gasteiger partial charge in [-0.15, -0.1) is 0 Å². The largest absolute Gasteiger partial charge is 0.309 e. The van der Waals surface area contributed by atoms with Gasteiger partial charge in [0.05, 0.1) is 22.1 Å². The third-order valence-corrected chi connectivity index (χ3v) is 9.45. The van der Waals surface area contributed by atoms with Crippen LogP contribution in [0.1, 0.15) is 0 Å². The first kappa shape index (κ1) is 24.2. The molecule has 0 atom stereocenters. The third kappa shape index (κ3) is 3.64. The molecule has 43 heavy (non-hydrogen) atoms. The van der Waals surface area contributed by atoms with Crippen molar-refractivity contribution in [2.45, 2.75) is 0 Å². The Morgan fingerprint density at radius 3 is 1.74 bits per heavy atom. The first-order chi connectivity index (χ1) is 21.4. The summed E-state index contributed by atoms with van der Waals surface area (Å²) < 4.78 is 4.87. The van der Waals surface area contributed by atoms with Gasteiger partial charge in [-0.25, -0.2) is 4.98 Å². The second-order valence-corrected chi connectivity index (χ2v) is 11.8. The second-order valence-electron chi connectivity index (χ2n) is 10.8. The van der Waals surface area contributed by atoms with Crippen LogP contribution in [-0.2, 0) is 0 Å². The van der Waals surface area contributed by atoms with Crippen molar-refractivity contribution in [2.75, 3.05) is 0 Å². The highest BCUT2D eigenvalue weighted by atomic mass is 32.1. The Labute approximate surface area is 252 Å². The molecule has 6 aromatic carbocycles. The highest BCUT2D eigenvalue weighted by molar-refractivity contribution is 7.18. The molecule has 0 aliphatic rings. The van der Waals surface area contributed by atoms with E-state index in [1.54, 1.807) is 11.3 Å². The molecular weight excluding hydrogens is 543 g/mol. The van der Waals surface area contributed by atoms with Crippen LogP contribution in [0.25, 0.3) is 76.1 Å². The Morgan fingerprint density at radius 2 is 1.02 bits per heavy atom. The predicted molar refractivity (Wildman–Crippen MR) is 182 cm³/mol. The minimum Gasteiger partial charge on any atom is -0.309 e. The summed E-state index contributed by atoms with van der Waals surface area (Å²) in [5, 5.41) is 7.11. The Bertz CT molecular complexity index is 2430. The molecule has 0 fully saturated rings. The maximum Gasteiger partial charge on any atom is 0.129 e. The van der Waals surface area contributed by atoms with Crippen molar-refractivity contribution in [2.24, 2.45) is 0 Å². The van der Waals surface area contributed by atoms with Crippen LogP contribution in [0.5, 0.6) is 0 Å². The van der Waals surface area contributed by atoms with Crippen molar-refractivity contribution >= 4 is 54.9 Å². The number of hydrogen-bond donors (Lipinski definition) is 0. The van der Waals surface area contributed by atoms with Crippen molar-refractivity contribution in [3.63, 3.8) is 0 Å². The van der Waals surface area contributed by atoms with E-state index < -0.39 is 0 Å². The molecule has 0 saturated carbocycles. The summed E-state index contributed by atoms with van der Waals surface area (Å²) in [6, 6.07) is 53.9. The van der Waals surface area contributed by atoms with Crippen molar-refractivity contribution in [3.05, 3.63) is 152 Å². The minimum atomic E-state index is 0.996. The predicted octanol–water partition coefficient (Wildman–Crippen LogP) is 10.7. The molecule has 0 saturated heterocycles. The van der Waals surface area contributed by atoms with E-state index in [9.17, 15) is 0 Å². The van der Waals surface area contributed by atoms with Crippen LogP contribution >= 0.6 is 11.3 Å². The van der Waals surface area contributed by atoms with E-state index in [-0.39, 0.29) is 0 Å². The number of hydrogen-bond acceptors (Lipinski definition) is 2. The molecule has 3 heterocycles. The fourth-order valence-electron chi connectivity index (χ4n) is 6.53. The van der Waals surface area contributed by atoms with Crippen molar-refractivity contribution in [3.8, 4) is 32.5 Å². The molecule has 0 unspecified atom stereocenters. The van der Waals surface area contributed by atoms with Crippen molar-refractivity contribution in [1.82, 2.24) is 14.1 Å². The van der Waals surface area contributed by atoms with Crippen LogP contribution in [0.2, 0.25) is 0 Å². The fraction of sp³-hybridized carbons (Fsp3) is 0. The summed E-state index contributed by atoms with van der Waals surface area (Å²) in [5.41, 5.74) is 9.18. The van der Waals surface area contributed by atoms with Crippen LogP contribution in [0.3, 0.4) is 0 Å². The number of aromatic nitrogens is 3. The summed E-state index contributed by atoms with van der Waals surface area (Å²) >= 11 is 1.76. The lowest BCUT2D eigenvalue weighted by Crippen LogP contribution is -1.95. The molecule has 9 aromatic rings. The minimum absolute atomic E-state index is 0.996. The summed E-state index contributed by atoms with van der Waals surface area (Å²) in [4.78, 5) is 5.31. The molecule has 9 rings (SSSR count). The van der Waals surface area contributed by atoms with Crippen LogP contribution in [-0.4, -0.2) is 14.1 Å². The van der Waals surface area contributed by atoms with Gasteiger partial charge < -0.3 is 4.57 Å². The molecular formula is C39H25N3S. The van der Waals surface area contributed by atoms with E-state index in [2.05, 4.69) is 161 Å². The molecule has 3 nitrogen and oxygen atoms in total. The molecule has 0 aliphatic heterocycles.